The van der Waals surface area contributed by atoms with Crippen molar-refractivity contribution in [2.45, 2.75) is 32.7 Å². The average Bonchev–Trinajstić information content (AvgIpc) is 2.59. The molecule has 1 unspecified atom stereocenters. The van der Waals surface area contributed by atoms with Crippen molar-refractivity contribution in [3.8, 4) is 16.9 Å². The van der Waals surface area contributed by atoms with Gasteiger partial charge in [0.1, 0.15) is 5.75 Å². The van der Waals surface area contributed by atoms with E-state index >= 15 is 0 Å². The van der Waals surface area contributed by atoms with E-state index in [1.54, 1.807) is 14.0 Å². The summed E-state index contributed by atoms with van der Waals surface area (Å²) in [4.78, 5) is 11.1. The molecule has 2 rings (SSSR count). The fourth-order valence-electron chi connectivity index (χ4n) is 2.74. The third-order valence-electron chi connectivity index (χ3n) is 3.87. The van der Waals surface area contributed by atoms with E-state index in [0.29, 0.717) is 13.2 Å². The average molecular weight is 341 g/mol. The van der Waals surface area contributed by atoms with Crippen LogP contribution in [0, 0.1) is 0 Å². The van der Waals surface area contributed by atoms with Gasteiger partial charge in [0.2, 0.25) is 5.91 Å². The number of nitrogens with one attached hydrogen (secondary N) is 1. The monoisotopic (exact) mass is 341 g/mol. The lowest BCUT2D eigenvalue weighted by Gasteiger charge is -2.13. The Hall–Kier alpha value is -2.33. The number of ether oxygens (including phenoxy) is 2. The van der Waals surface area contributed by atoms with Crippen molar-refractivity contribution in [1.29, 1.82) is 0 Å². The molecule has 4 nitrogen and oxygen atoms in total. The number of amides is 1. The van der Waals surface area contributed by atoms with Gasteiger partial charge >= 0.3 is 0 Å². The molecule has 0 radical (unpaired) electrons. The molecule has 0 heterocycles. The number of hydrogen-bond acceptors (Lipinski definition) is 3. The minimum Gasteiger partial charge on any atom is -0.493 e. The zero-order valence-corrected chi connectivity index (χ0v) is 15.2. The Labute approximate surface area is 150 Å². The van der Waals surface area contributed by atoms with Crippen LogP contribution in [0.5, 0.6) is 5.75 Å². The highest BCUT2D eigenvalue weighted by atomic mass is 16.5. The summed E-state index contributed by atoms with van der Waals surface area (Å²) in [5.41, 5.74) is 3.49. The summed E-state index contributed by atoms with van der Waals surface area (Å²) in [6.45, 7) is 4.92. The molecule has 1 N–H and O–H groups in total. The molecule has 0 aromatic heterocycles. The highest BCUT2D eigenvalue weighted by Crippen LogP contribution is 2.24. The molecule has 0 saturated carbocycles. The summed E-state index contributed by atoms with van der Waals surface area (Å²) in [5, 5.41) is 2.91. The van der Waals surface area contributed by atoms with Gasteiger partial charge in [-0.05, 0) is 42.2 Å². The third kappa shape index (κ3) is 6.59. The van der Waals surface area contributed by atoms with E-state index in [9.17, 15) is 4.79 Å². The van der Waals surface area contributed by atoms with E-state index in [1.165, 1.54) is 5.56 Å². The van der Waals surface area contributed by atoms with Crippen LogP contribution in [0.3, 0.4) is 0 Å². The molecular formula is C21H27NO3. The molecule has 2 aromatic rings. The van der Waals surface area contributed by atoms with Crippen LogP contribution in [0.1, 0.15) is 25.8 Å². The molecule has 0 bridgehead atoms. The highest BCUT2D eigenvalue weighted by molar-refractivity contribution is 5.73. The summed E-state index contributed by atoms with van der Waals surface area (Å²) in [6, 6.07) is 16.7. The molecule has 1 atom stereocenters. The predicted octanol–water partition coefficient (Wildman–Crippen LogP) is 3.84. The Morgan fingerprint density at radius 1 is 1.08 bits per heavy atom. The summed E-state index contributed by atoms with van der Waals surface area (Å²) in [5.74, 6) is 0.878. The van der Waals surface area contributed by atoms with Crippen LogP contribution in [0.15, 0.2) is 48.5 Å². The molecule has 0 aliphatic carbocycles. The van der Waals surface area contributed by atoms with Gasteiger partial charge in [0, 0.05) is 33.1 Å². The fourth-order valence-corrected chi connectivity index (χ4v) is 2.74. The molecule has 1 amide bonds. The van der Waals surface area contributed by atoms with E-state index in [4.69, 9.17) is 9.47 Å². The topological polar surface area (TPSA) is 47.6 Å². The lowest BCUT2D eigenvalue weighted by Crippen LogP contribution is -2.31. The van der Waals surface area contributed by atoms with Gasteiger partial charge in [-0.2, -0.15) is 0 Å². The van der Waals surface area contributed by atoms with Gasteiger partial charge in [-0.25, -0.2) is 0 Å². The van der Waals surface area contributed by atoms with Gasteiger partial charge in [-0.1, -0.05) is 36.4 Å². The largest absolute Gasteiger partial charge is 0.493 e. The fraction of sp³-hybridized carbons (Fsp3) is 0.381. The normalized spacial score (nSPS) is 11.8. The second-order valence-corrected chi connectivity index (χ2v) is 6.23. The lowest BCUT2D eigenvalue weighted by molar-refractivity contribution is -0.119. The summed E-state index contributed by atoms with van der Waals surface area (Å²) in [6.07, 6.45) is 1.70. The van der Waals surface area contributed by atoms with Gasteiger partial charge in [0.15, 0.2) is 0 Å². The maximum atomic E-state index is 11.1. The number of methoxy groups -OCH3 is 1. The van der Waals surface area contributed by atoms with Crippen molar-refractivity contribution >= 4 is 5.91 Å². The Kier molecular flexibility index (Phi) is 7.48. The molecule has 2 aromatic carbocycles. The Morgan fingerprint density at radius 3 is 2.52 bits per heavy atom. The minimum absolute atomic E-state index is 0.00596. The first-order chi connectivity index (χ1) is 12.1. The summed E-state index contributed by atoms with van der Waals surface area (Å²) in [7, 11) is 1.70. The van der Waals surface area contributed by atoms with E-state index < -0.39 is 0 Å². The first-order valence-electron chi connectivity index (χ1n) is 8.66. The van der Waals surface area contributed by atoms with Crippen molar-refractivity contribution in [3.63, 3.8) is 0 Å². The van der Waals surface area contributed by atoms with Crippen LogP contribution in [-0.2, 0) is 16.0 Å². The summed E-state index contributed by atoms with van der Waals surface area (Å²) < 4.78 is 10.8. The molecule has 0 fully saturated rings. The SMILES string of the molecule is COCCCOc1cccc(-c2ccc(CC(C)NC(C)=O)cc2)c1. The van der Waals surface area contributed by atoms with Crippen molar-refractivity contribution < 1.29 is 14.3 Å². The standard InChI is InChI=1S/C21H27NO3/c1-16(22-17(2)23)14-18-8-10-19(11-9-18)20-6-4-7-21(15-20)25-13-5-12-24-3/h4,6-11,15-16H,5,12-14H2,1-3H3,(H,22,23). The van der Waals surface area contributed by atoms with Gasteiger partial charge in [0.05, 0.1) is 6.61 Å². The molecule has 25 heavy (non-hydrogen) atoms. The van der Waals surface area contributed by atoms with E-state index in [-0.39, 0.29) is 11.9 Å². The zero-order chi connectivity index (χ0) is 18.1. The molecule has 0 spiro atoms. The van der Waals surface area contributed by atoms with E-state index in [2.05, 4.69) is 41.7 Å². The Bertz CT molecular complexity index is 667. The first-order valence-corrected chi connectivity index (χ1v) is 8.66. The minimum atomic E-state index is 0.00596. The third-order valence-corrected chi connectivity index (χ3v) is 3.87. The smallest absolute Gasteiger partial charge is 0.217 e. The predicted molar refractivity (Wildman–Crippen MR) is 101 cm³/mol. The Balaban J connectivity index is 1.98. The number of carbonyl (C=O) groups is 1. The van der Waals surface area contributed by atoms with Gasteiger partial charge in [-0.15, -0.1) is 0 Å². The van der Waals surface area contributed by atoms with Crippen molar-refractivity contribution in [2.24, 2.45) is 0 Å². The van der Waals surface area contributed by atoms with Crippen LogP contribution in [0.25, 0.3) is 11.1 Å². The van der Waals surface area contributed by atoms with Crippen molar-refractivity contribution in [1.82, 2.24) is 5.32 Å². The molecule has 0 aliphatic heterocycles. The highest BCUT2D eigenvalue weighted by Gasteiger charge is 2.06. The molecule has 0 saturated heterocycles. The molecule has 0 aliphatic rings. The first kappa shape index (κ1) is 19.0. The number of benzene rings is 2. The number of hydrogen-bond donors (Lipinski definition) is 1. The van der Waals surface area contributed by atoms with Crippen molar-refractivity contribution in [3.05, 3.63) is 54.1 Å². The van der Waals surface area contributed by atoms with Gasteiger partial charge in [0.25, 0.3) is 0 Å². The van der Waals surface area contributed by atoms with Crippen LogP contribution >= 0.6 is 0 Å². The van der Waals surface area contributed by atoms with Crippen molar-refractivity contribution in [2.75, 3.05) is 20.3 Å². The Morgan fingerprint density at radius 2 is 1.84 bits per heavy atom. The summed E-state index contributed by atoms with van der Waals surface area (Å²) >= 11 is 0. The van der Waals surface area contributed by atoms with E-state index in [0.717, 1.165) is 29.7 Å². The van der Waals surface area contributed by atoms with Gasteiger partial charge in [-0.3, -0.25) is 4.79 Å². The quantitative estimate of drug-likeness (QED) is 0.705. The van der Waals surface area contributed by atoms with Crippen LogP contribution < -0.4 is 10.1 Å². The molecular weight excluding hydrogens is 314 g/mol. The molecule has 134 valence electrons. The maximum Gasteiger partial charge on any atom is 0.217 e. The number of rotatable bonds is 9. The van der Waals surface area contributed by atoms with Crippen LogP contribution in [-0.4, -0.2) is 32.3 Å². The van der Waals surface area contributed by atoms with Crippen LogP contribution in [0.4, 0.5) is 0 Å². The zero-order valence-electron chi connectivity index (χ0n) is 15.2. The van der Waals surface area contributed by atoms with Gasteiger partial charge < -0.3 is 14.8 Å². The second kappa shape index (κ2) is 9.84. The maximum absolute atomic E-state index is 11.1. The second-order valence-electron chi connectivity index (χ2n) is 6.23. The molecule has 4 heteroatoms. The van der Waals surface area contributed by atoms with Crippen LogP contribution in [0.2, 0.25) is 0 Å². The van der Waals surface area contributed by atoms with E-state index in [1.807, 2.05) is 19.1 Å². The number of carbonyl (C=O) groups excluding carboxylic acids is 1. The lowest BCUT2D eigenvalue weighted by atomic mass is 10.0.